The highest BCUT2D eigenvalue weighted by Gasteiger charge is 2.22. The van der Waals surface area contributed by atoms with E-state index in [1.54, 1.807) is 30.6 Å². The molecule has 4 nitrogen and oxygen atoms in total. The molecule has 0 aliphatic rings. The summed E-state index contributed by atoms with van der Waals surface area (Å²) in [5.41, 5.74) is 1.15. The van der Waals surface area contributed by atoms with Gasteiger partial charge in [0.25, 0.3) is 0 Å². The van der Waals surface area contributed by atoms with E-state index in [-0.39, 0.29) is 5.78 Å². The van der Waals surface area contributed by atoms with Crippen LogP contribution >= 0.6 is 11.3 Å². The number of hydrogen-bond donors (Lipinski definition) is 0. The predicted octanol–water partition coefficient (Wildman–Crippen LogP) is 3.31. The molecule has 1 aromatic heterocycles. The number of carbonyl (C=O) groups excluding carboxylic acids is 1. The number of benzene rings is 1. The predicted molar refractivity (Wildman–Crippen MR) is 78.6 cm³/mol. The van der Waals surface area contributed by atoms with Crippen LogP contribution < -0.4 is 14.2 Å². The highest BCUT2D eigenvalue weighted by Crippen LogP contribution is 2.40. The molecule has 0 spiro atoms. The lowest BCUT2D eigenvalue weighted by Gasteiger charge is -2.15. The van der Waals surface area contributed by atoms with Crippen molar-refractivity contribution in [3.05, 3.63) is 39.6 Å². The standard InChI is InChI=1S/C15H16O4S/c1-9-10(7-8-20-9)13(16)11-5-6-12(17-2)15(19-4)14(11)18-3/h5-8H,1-4H3. The summed E-state index contributed by atoms with van der Waals surface area (Å²) in [6.45, 7) is 1.92. The van der Waals surface area contributed by atoms with Crippen molar-refractivity contribution in [1.82, 2.24) is 0 Å². The van der Waals surface area contributed by atoms with Crippen molar-refractivity contribution in [2.45, 2.75) is 6.92 Å². The molecular formula is C15H16O4S. The van der Waals surface area contributed by atoms with Crippen molar-refractivity contribution in [3.8, 4) is 17.2 Å². The minimum absolute atomic E-state index is 0.0819. The number of carbonyl (C=O) groups is 1. The molecule has 20 heavy (non-hydrogen) atoms. The molecular weight excluding hydrogens is 276 g/mol. The van der Waals surface area contributed by atoms with Crippen LogP contribution in [0.1, 0.15) is 20.8 Å². The Morgan fingerprint density at radius 3 is 2.15 bits per heavy atom. The number of rotatable bonds is 5. The van der Waals surface area contributed by atoms with E-state index in [2.05, 4.69) is 0 Å². The second-order valence-electron chi connectivity index (χ2n) is 4.10. The van der Waals surface area contributed by atoms with Crippen LogP contribution in [0.5, 0.6) is 17.2 Å². The highest BCUT2D eigenvalue weighted by molar-refractivity contribution is 7.10. The minimum atomic E-state index is -0.0819. The largest absolute Gasteiger partial charge is 0.493 e. The smallest absolute Gasteiger partial charge is 0.204 e. The molecule has 106 valence electrons. The van der Waals surface area contributed by atoms with Crippen molar-refractivity contribution in [1.29, 1.82) is 0 Å². The lowest BCUT2D eigenvalue weighted by atomic mass is 10.0. The summed E-state index contributed by atoms with van der Waals surface area (Å²) in [6.07, 6.45) is 0. The molecule has 2 rings (SSSR count). The van der Waals surface area contributed by atoms with Crippen LogP contribution in [0.25, 0.3) is 0 Å². The third kappa shape index (κ3) is 2.36. The third-order valence-electron chi connectivity index (χ3n) is 3.05. The maximum absolute atomic E-state index is 12.6. The second-order valence-corrected chi connectivity index (χ2v) is 5.22. The van der Waals surface area contributed by atoms with Crippen molar-refractivity contribution in [2.75, 3.05) is 21.3 Å². The van der Waals surface area contributed by atoms with Crippen molar-refractivity contribution >= 4 is 17.1 Å². The fourth-order valence-electron chi connectivity index (χ4n) is 2.05. The zero-order valence-electron chi connectivity index (χ0n) is 11.9. The number of thiophene rings is 1. The number of hydrogen-bond acceptors (Lipinski definition) is 5. The van der Waals surface area contributed by atoms with Crippen LogP contribution in [0, 0.1) is 6.92 Å². The molecule has 1 aromatic carbocycles. The van der Waals surface area contributed by atoms with Crippen LogP contribution in [0.4, 0.5) is 0 Å². The van der Waals surface area contributed by atoms with Crippen LogP contribution in [-0.2, 0) is 0 Å². The van der Waals surface area contributed by atoms with E-state index in [9.17, 15) is 4.79 Å². The Hall–Kier alpha value is -2.01. The van der Waals surface area contributed by atoms with Gasteiger partial charge in [-0.1, -0.05) is 0 Å². The molecule has 5 heteroatoms. The van der Waals surface area contributed by atoms with Gasteiger partial charge in [-0.2, -0.15) is 0 Å². The summed E-state index contributed by atoms with van der Waals surface area (Å²) in [4.78, 5) is 13.6. The molecule has 0 aliphatic heterocycles. The van der Waals surface area contributed by atoms with Gasteiger partial charge in [0.15, 0.2) is 17.3 Å². The van der Waals surface area contributed by atoms with Crippen molar-refractivity contribution in [3.63, 3.8) is 0 Å². The number of aryl methyl sites for hydroxylation is 1. The van der Waals surface area contributed by atoms with Gasteiger partial charge in [-0.25, -0.2) is 0 Å². The molecule has 0 radical (unpaired) electrons. The highest BCUT2D eigenvalue weighted by atomic mass is 32.1. The molecule has 0 saturated carbocycles. The zero-order valence-corrected chi connectivity index (χ0v) is 12.7. The Kier molecular flexibility index (Phi) is 4.29. The maximum Gasteiger partial charge on any atom is 0.204 e. The summed E-state index contributed by atoms with van der Waals surface area (Å²) in [6, 6.07) is 5.22. The number of ether oxygens (including phenoxy) is 3. The maximum atomic E-state index is 12.6. The van der Waals surface area contributed by atoms with Gasteiger partial charge in [-0.15, -0.1) is 11.3 Å². The average Bonchev–Trinajstić information content (AvgIpc) is 2.90. The molecule has 0 N–H and O–H groups in total. The van der Waals surface area contributed by atoms with Gasteiger partial charge in [-0.05, 0) is 30.5 Å². The van der Waals surface area contributed by atoms with Crippen molar-refractivity contribution in [2.24, 2.45) is 0 Å². The molecule has 0 aliphatic carbocycles. The van der Waals surface area contributed by atoms with E-state index >= 15 is 0 Å². The lowest BCUT2D eigenvalue weighted by Crippen LogP contribution is -2.06. The molecule has 0 bridgehead atoms. The van der Waals surface area contributed by atoms with Crippen LogP contribution in [0.15, 0.2) is 23.6 Å². The second kappa shape index (κ2) is 5.96. The van der Waals surface area contributed by atoms with Gasteiger partial charge < -0.3 is 14.2 Å². The first-order valence-electron chi connectivity index (χ1n) is 6.01. The van der Waals surface area contributed by atoms with E-state index < -0.39 is 0 Å². The van der Waals surface area contributed by atoms with Gasteiger partial charge in [0.05, 0.1) is 26.9 Å². The molecule has 2 aromatic rings. The van der Waals surface area contributed by atoms with E-state index in [1.807, 2.05) is 18.4 Å². The number of ketones is 1. The Bertz CT molecular complexity index is 631. The summed E-state index contributed by atoms with van der Waals surface area (Å²) in [5, 5.41) is 1.90. The Morgan fingerprint density at radius 2 is 1.65 bits per heavy atom. The fourth-order valence-corrected chi connectivity index (χ4v) is 2.74. The van der Waals surface area contributed by atoms with Gasteiger partial charge in [0, 0.05) is 10.4 Å². The molecule has 0 saturated heterocycles. The minimum Gasteiger partial charge on any atom is -0.493 e. The first-order chi connectivity index (χ1) is 9.63. The summed E-state index contributed by atoms with van der Waals surface area (Å²) < 4.78 is 15.9. The van der Waals surface area contributed by atoms with Crippen LogP contribution in [0.2, 0.25) is 0 Å². The first kappa shape index (κ1) is 14.4. The summed E-state index contributed by atoms with van der Waals surface area (Å²) in [7, 11) is 4.57. The summed E-state index contributed by atoms with van der Waals surface area (Å²) in [5.74, 6) is 1.26. The van der Waals surface area contributed by atoms with E-state index in [1.165, 1.54) is 14.2 Å². The van der Waals surface area contributed by atoms with Gasteiger partial charge >= 0.3 is 0 Å². The molecule has 1 heterocycles. The normalized spacial score (nSPS) is 10.2. The van der Waals surface area contributed by atoms with Crippen LogP contribution in [0.3, 0.4) is 0 Å². The third-order valence-corrected chi connectivity index (χ3v) is 3.90. The molecule has 0 fully saturated rings. The van der Waals surface area contributed by atoms with Gasteiger partial charge in [0.1, 0.15) is 0 Å². The summed E-state index contributed by atoms with van der Waals surface area (Å²) >= 11 is 1.54. The quantitative estimate of drug-likeness (QED) is 0.793. The van der Waals surface area contributed by atoms with E-state index in [0.717, 1.165) is 4.88 Å². The lowest BCUT2D eigenvalue weighted by molar-refractivity contribution is 0.103. The molecule has 0 atom stereocenters. The van der Waals surface area contributed by atoms with Crippen molar-refractivity contribution < 1.29 is 19.0 Å². The zero-order chi connectivity index (χ0) is 14.7. The molecule has 0 unspecified atom stereocenters. The van der Waals surface area contributed by atoms with Gasteiger partial charge in [0.2, 0.25) is 5.75 Å². The van der Waals surface area contributed by atoms with E-state index in [4.69, 9.17) is 14.2 Å². The Labute approximate surface area is 121 Å². The van der Waals surface area contributed by atoms with E-state index in [0.29, 0.717) is 28.4 Å². The van der Waals surface area contributed by atoms with Gasteiger partial charge in [-0.3, -0.25) is 4.79 Å². The molecule has 0 amide bonds. The average molecular weight is 292 g/mol. The van der Waals surface area contributed by atoms with Crippen LogP contribution in [-0.4, -0.2) is 27.1 Å². The topological polar surface area (TPSA) is 44.8 Å². The first-order valence-corrected chi connectivity index (χ1v) is 6.89. The fraction of sp³-hybridized carbons (Fsp3) is 0.267. The Balaban J connectivity index is 2.57. The Morgan fingerprint density at radius 1 is 0.950 bits per heavy atom. The SMILES string of the molecule is COc1ccc(C(=O)c2ccsc2C)c(OC)c1OC. The number of methoxy groups -OCH3 is 3. The monoisotopic (exact) mass is 292 g/mol.